The third-order valence-corrected chi connectivity index (χ3v) is 4.91. The Bertz CT molecular complexity index is 1080. The van der Waals surface area contributed by atoms with Crippen LogP contribution in [0.5, 0.6) is 0 Å². The average molecular weight is 554 g/mol. The molecule has 3 nitrogen and oxygen atoms in total. The molecular formula is C36H56FNO2. The van der Waals surface area contributed by atoms with E-state index in [4.69, 9.17) is 9.15 Å². The molecule has 0 N–H and O–H groups in total. The number of nitrogens with zero attached hydrogens (tertiary/aromatic N) is 1. The highest BCUT2D eigenvalue weighted by atomic mass is 19.1. The topological polar surface area (TPSA) is 35.3 Å². The number of aryl methyl sites for hydroxylation is 1. The molecule has 0 radical (unpaired) electrons. The van der Waals surface area contributed by atoms with E-state index in [2.05, 4.69) is 57.3 Å². The Hall–Kier alpha value is -3.16. The van der Waals surface area contributed by atoms with Crippen molar-refractivity contribution in [3.8, 4) is 11.8 Å². The van der Waals surface area contributed by atoms with Gasteiger partial charge in [-0.1, -0.05) is 104 Å². The van der Waals surface area contributed by atoms with Crippen LogP contribution < -0.4 is 0 Å². The van der Waals surface area contributed by atoms with Gasteiger partial charge in [-0.05, 0) is 52.2 Å². The van der Waals surface area contributed by atoms with Crippen molar-refractivity contribution >= 4 is 22.2 Å². The number of ether oxygens (including phenoxy) is 1. The standard InChI is InChI=1S/C19H20FNO.C6H12O.C5H8.C4H10.C2H6/c1-6-8-10-13(5)18-16(12(3)4)17-14(9-7-2)15(20)11-21-19(17)22-18;1-3-5-7-6-4-2;1-3-5-4-2;1-3-4-2;1-2/h10-11H,3,7,9H2,1-2,4-5H3;3H,1,4-6H2,2H3;3-5H,1H2,2H3;3-4H2,1-2H3;1-2H3/b13-10+;;5-4-;;. The van der Waals surface area contributed by atoms with Crippen LogP contribution in [0.1, 0.15) is 112 Å². The zero-order chi connectivity index (χ0) is 31.3. The maximum Gasteiger partial charge on any atom is 0.227 e. The predicted octanol–water partition coefficient (Wildman–Crippen LogP) is 11.6. The van der Waals surface area contributed by atoms with Gasteiger partial charge in [0.2, 0.25) is 5.71 Å². The van der Waals surface area contributed by atoms with Crippen LogP contribution in [-0.2, 0) is 11.2 Å². The molecule has 0 aromatic carbocycles. The third kappa shape index (κ3) is 17.4. The lowest BCUT2D eigenvalue weighted by atomic mass is 9.97. The first-order valence-corrected chi connectivity index (χ1v) is 14.5. The van der Waals surface area contributed by atoms with Gasteiger partial charge in [0, 0.05) is 23.3 Å². The van der Waals surface area contributed by atoms with E-state index in [9.17, 15) is 4.39 Å². The molecule has 0 aliphatic heterocycles. The summed E-state index contributed by atoms with van der Waals surface area (Å²) in [6.07, 6.45) is 15.6. The Morgan fingerprint density at radius 2 is 1.70 bits per heavy atom. The van der Waals surface area contributed by atoms with E-state index in [-0.39, 0.29) is 5.82 Å². The van der Waals surface area contributed by atoms with Gasteiger partial charge in [0.1, 0.15) is 11.6 Å². The molecule has 0 fully saturated rings. The molecule has 0 unspecified atom stereocenters. The van der Waals surface area contributed by atoms with Gasteiger partial charge in [-0.3, -0.25) is 0 Å². The fourth-order valence-corrected chi connectivity index (χ4v) is 2.98. The Labute approximate surface area is 246 Å². The summed E-state index contributed by atoms with van der Waals surface area (Å²) in [6.45, 7) is 32.6. The zero-order valence-corrected chi connectivity index (χ0v) is 27.2. The van der Waals surface area contributed by atoms with Gasteiger partial charge < -0.3 is 9.15 Å². The number of unbranched alkanes of at least 4 members (excludes halogenated alkanes) is 1. The molecule has 2 rings (SSSR count). The molecular weight excluding hydrogens is 497 g/mol. The van der Waals surface area contributed by atoms with Gasteiger partial charge >= 0.3 is 0 Å². The first-order valence-electron chi connectivity index (χ1n) is 14.5. The average Bonchev–Trinajstić information content (AvgIpc) is 3.36. The predicted molar refractivity (Wildman–Crippen MR) is 178 cm³/mol. The highest BCUT2D eigenvalue weighted by Gasteiger charge is 2.21. The number of furan rings is 1. The summed E-state index contributed by atoms with van der Waals surface area (Å²) in [6, 6.07) is 0. The SMILES string of the molecule is C=C(C)c1c(/C(C)=C/C#CC)oc2ncc(F)c(CCC)c12.C=C/C=C\C.C=CCOCCC.CC.CCCC. The van der Waals surface area contributed by atoms with Crippen LogP contribution in [0.3, 0.4) is 0 Å². The number of hydrogen-bond acceptors (Lipinski definition) is 3. The minimum Gasteiger partial charge on any atom is -0.437 e. The van der Waals surface area contributed by atoms with Crippen molar-refractivity contribution in [1.29, 1.82) is 0 Å². The van der Waals surface area contributed by atoms with Crippen molar-refractivity contribution in [2.45, 2.75) is 101 Å². The number of allylic oxidation sites excluding steroid dienone is 6. The molecule has 0 aliphatic rings. The van der Waals surface area contributed by atoms with Crippen molar-refractivity contribution in [1.82, 2.24) is 4.98 Å². The summed E-state index contributed by atoms with van der Waals surface area (Å²) in [7, 11) is 0. The minimum atomic E-state index is -0.292. The Morgan fingerprint density at radius 3 is 2.10 bits per heavy atom. The lowest BCUT2D eigenvalue weighted by Gasteiger charge is -2.06. The number of aromatic nitrogens is 1. The summed E-state index contributed by atoms with van der Waals surface area (Å²) >= 11 is 0. The van der Waals surface area contributed by atoms with Crippen molar-refractivity contribution in [3.63, 3.8) is 0 Å². The van der Waals surface area contributed by atoms with E-state index in [0.717, 1.165) is 41.5 Å². The van der Waals surface area contributed by atoms with E-state index in [1.165, 1.54) is 19.0 Å². The second kappa shape index (κ2) is 28.8. The molecule has 0 spiro atoms. The summed E-state index contributed by atoms with van der Waals surface area (Å²) in [5.74, 6) is 6.11. The largest absolute Gasteiger partial charge is 0.437 e. The van der Waals surface area contributed by atoms with E-state index in [1.807, 2.05) is 53.7 Å². The molecule has 224 valence electrons. The molecule has 0 saturated heterocycles. The Kier molecular flexibility index (Phi) is 29.8. The number of pyridine rings is 1. The van der Waals surface area contributed by atoms with E-state index < -0.39 is 0 Å². The van der Waals surface area contributed by atoms with Crippen molar-refractivity contribution in [2.24, 2.45) is 0 Å². The van der Waals surface area contributed by atoms with Crippen molar-refractivity contribution in [3.05, 3.63) is 79.0 Å². The fraction of sp³-hybridized carbons (Fsp3) is 0.472. The van der Waals surface area contributed by atoms with E-state index >= 15 is 0 Å². The highest BCUT2D eigenvalue weighted by molar-refractivity contribution is 5.96. The van der Waals surface area contributed by atoms with Gasteiger partial charge in [-0.2, -0.15) is 0 Å². The van der Waals surface area contributed by atoms with Gasteiger partial charge in [0.25, 0.3) is 0 Å². The lowest BCUT2D eigenvalue weighted by Crippen LogP contribution is -1.95. The monoisotopic (exact) mass is 553 g/mol. The van der Waals surface area contributed by atoms with E-state index in [1.54, 1.807) is 25.2 Å². The molecule has 0 atom stereocenters. The van der Waals surface area contributed by atoms with Gasteiger partial charge in [-0.15, -0.1) is 12.5 Å². The maximum absolute atomic E-state index is 14.2. The molecule has 2 aromatic heterocycles. The van der Waals surface area contributed by atoms with Crippen LogP contribution in [0, 0.1) is 17.7 Å². The quantitative estimate of drug-likeness (QED) is 0.127. The first kappa shape index (κ1) is 41.3. The molecule has 0 saturated carbocycles. The number of halogens is 1. The molecule has 2 heterocycles. The number of hydrogen-bond donors (Lipinski definition) is 0. The lowest BCUT2D eigenvalue weighted by molar-refractivity contribution is 0.163. The molecule has 0 aliphatic carbocycles. The van der Waals surface area contributed by atoms with Gasteiger partial charge in [0.05, 0.1) is 18.2 Å². The highest BCUT2D eigenvalue weighted by Crippen LogP contribution is 2.37. The maximum atomic E-state index is 14.2. The van der Waals surface area contributed by atoms with Crippen LogP contribution in [0.15, 0.2) is 60.7 Å². The van der Waals surface area contributed by atoms with E-state index in [0.29, 0.717) is 30.1 Å². The van der Waals surface area contributed by atoms with Crippen LogP contribution >= 0.6 is 0 Å². The molecule has 2 aromatic rings. The molecule has 0 bridgehead atoms. The molecule has 4 heteroatoms. The molecule has 40 heavy (non-hydrogen) atoms. The normalized spacial score (nSPS) is 9.82. The van der Waals surface area contributed by atoms with Crippen LogP contribution in [0.4, 0.5) is 4.39 Å². The second-order valence-corrected chi connectivity index (χ2v) is 8.45. The van der Waals surface area contributed by atoms with Crippen LogP contribution in [0.25, 0.3) is 22.2 Å². The minimum absolute atomic E-state index is 0.292. The van der Waals surface area contributed by atoms with Gasteiger partial charge in [-0.25, -0.2) is 9.37 Å². The summed E-state index contributed by atoms with van der Waals surface area (Å²) in [5.41, 5.74) is 3.64. The van der Waals surface area contributed by atoms with Crippen LogP contribution in [0.2, 0.25) is 0 Å². The van der Waals surface area contributed by atoms with Gasteiger partial charge in [0.15, 0.2) is 0 Å². The summed E-state index contributed by atoms with van der Waals surface area (Å²) in [4.78, 5) is 4.10. The summed E-state index contributed by atoms with van der Waals surface area (Å²) < 4.78 is 25.1. The number of rotatable bonds is 10. The van der Waals surface area contributed by atoms with Crippen molar-refractivity contribution in [2.75, 3.05) is 13.2 Å². The Morgan fingerprint density at radius 1 is 1.07 bits per heavy atom. The Balaban J connectivity index is -0.000000623. The first-order chi connectivity index (χ1) is 19.2. The molecule has 0 amide bonds. The summed E-state index contributed by atoms with van der Waals surface area (Å²) in [5, 5.41) is 0.738. The van der Waals surface area contributed by atoms with Crippen LogP contribution in [-0.4, -0.2) is 18.2 Å². The number of fused-ring (bicyclic) bond motifs is 1. The fourth-order valence-electron chi connectivity index (χ4n) is 2.98. The smallest absolute Gasteiger partial charge is 0.227 e. The third-order valence-electron chi connectivity index (χ3n) is 4.91. The van der Waals surface area contributed by atoms with Crippen molar-refractivity contribution < 1.29 is 13.5 Å². The zero-order valence-electron chi connectivity index (χ0n) is 27.2. The second-order valence-electron chi connectivity index (χ2n) is 8.45.